The first kappa shape index (κ1) is 17.1. The van der Waals surface area contributed by atoms with Crippen LogP contribution in [0.15, 0.2) is 30.3 Å². The van der Waals surface area contributed by atoms with E-state index in [4.69, 9.17) is 0 Å². The molecule has 5 nitrogen and oxygen atoms in total. The lowest BCUT2D eigenvalue weighted by atomic mass is 10.0. The highest BCUT2D eigenvalue weighted by atomic mass is 32.2. The van der Waals surface area contributed by atoms with Gasteiger partial charge < -0.3 is 15.0 Å². The van der Waals surface area contributed by atoms with E-state index in [9.17, 15) is 9.59 Å². The lowest BCUT2D eigenvalue weighted by molar-refractivity contribution is -0.140. The molecule has 1 aromatic carbocycles. The molecule has 0 spiro atoms. The van der Waals surface area contributed by atoms with Crippen molar-refractivity contribution in [1.82, 2.24) is 10.2 Å². The van der Waals surface area contributed by atoms with Gasteiger partial charge in [-0.05, 0) is 18.4 Å². The number of rotatable bonds is 7. The summed E-state index contributed by atoms with van der Waals surface area (Å²) < 4.78 is 4.68. The number of carbonyl (C=O) groups excluding carboxylic acids is 2. The van der Waals surface area contributed by atoms with Crippen LogP contribution in [0.1, 0.15) is 31.2 Å². The van der Waals surface area contributed by atoms with Crippen molar-refractivity contribution >= 4 is 23.8 Å². The van der Waals surface area contributed by atoms with Crippen LogP contribution in [-0.4, -0.2) is 47.1 Å². The van der Waals surface area contributed by atoms with Gasteiger partial charge >= 0.3 is 12.0 Å². The van der Waals surface area contributed by atoms with Crippen molar-refractivity contribution in [2.45, 2.75) is 49.6 Å². The van der Waals surface area contributed by atoms with Crippen LogP contribution in [0.5, 0.6) is 0 Å². The van der Waals surface area contributed by atoms with Crippen molar-refractivity contribution in [3.63, 3.8) is 0 Å². The minimum absolute atomic E-state index is 0.0497. The third-order valence-electron chi connectivity index (χ3n) is 4.76. The van der Waals surface area contributed by atoms with Crippen molar-refractivity contribution in [2.24, 2.45) is 0 Å². The van der Waals surface area contributed by atoms with E-state index >= 15 is 0 Å². The van der Waals surface area contributed by atoms with Gasteiger partial charge in [0, 0.05) is 24.0 Å². The second-order valence-electron chi connectivity index (χ2n) is 6.35. The zero-order chi connectivity index (χ0) is 16.9. The Labute approximate surface area is 147 Å². The highest BCUT2D eigenvalue weighted by Crippen LogP contribution is 2.38. The van der Waals surface area contributed by atoms with Crippen molar-refractivity contribution in [3.8, 4) is 0 Å². The number of nitrogens with zero attached hydrogens (tertiary/aromatic N) is 1. The molecule has 2 fully saturated rings. The molecule has 0 saturated carbocycles. The topological polar surface area (TPSA) is 58.6 Å². The Morgan fingerprint density at radius 1 is 1.33 bits per heavy atom. The van der Waals surface area contributed by atoms with Gasteiger partial charge in [0.15, 0.2) is 0 Å². The number of esters is 1. The molecular formula is C18H24N2O3S. The summed E-state index contributed by atoms with van der Waals surface area (Å²) >= 11 is 1.94. The molecule has 130 valence electrons. The summed E-state index contributed by atoms with van der Waals surface area (Å²) in [5, 5.41) is 3.57. The molecule has 0 aromatic heterocycles. The van der Waals surface area contributed by atoms with Gasteiger partial charge in [-0.3, -0.25) is 4.79 Å². The molecule has 1 aromatic rings. The van der Waals surface area contributed by atoms with E-state index < -0.39 is 0 Å². The van der Waals surface area contributed by atoms with Crippen molar-refractivity contribution in [2.75, 3.05) is 12.9 Å². The average molecular weight is 348 g/mol. The molecule has 1 N–H and O–H groups in total. The third kappa shape index (κ3) is 3.86. The molecule has 0 aliphatic carbocycles. The summed E-state index contributed by atoms with van der Waals surface area (Å²) in [4.78, 5) is 25.5. The van der Waals surface area contributed by atoms with Gasteiger partial charge in [-0.2, -0.15) is 11.8 Å². The molecule has 2 aliphatic rings. The minimum Gasteiger partial charge on any atom is -0.469 e. The van der Waals surface area contributed by atoms with Crippen LogP contribution >= 0.6 is 11.8 Å². The number of unbranched alkanes of at least 4 members (excludes halogenated alkanes) is 1. The number of benzene rings is 1. The molecule has 0 radical (unpaired) electrons. The smallest absolute Gasteiger partial charge is 0.318 e. The summed E-state index contributed by atoms with van der Waals surface area (Å²) in [7, 11) is 1.43. The van der Waals surface area contributed by atoms with E-state index in [0.29, 0.717) is 18.2 Å². The Morgan fingerprint density at radius 3 is 2.88 bits per heavy atom. The molecule has 2 aliphatic heterocycles. The Kier molecular flexibility index (Phi) is 5.66. The zero-order valence-electron chi connectivity index (χ0n) is 13.9. The molecule has 0 bridgehead atoms. The Morgan fingerprint density at radius 2 is 2.12 bits per heavy atom. The molecule has 2 amide bonds. The first-order chi connectivity index (χ1) is 11.7. The number of urea groups is 1. The van der Waals surface area contributed by atoms with Gasteiger partial charge in [0.2, 0.25) is 0 Å². The summed E-state index contributed by atoms with van der Waals surface area (Å²) in [5.74, 6) is 0.832. The molecule has 6 heteroatoms. The third-order valence-corrected chi connectivity index (χ3v) is 6.25. The summed E-state index contributed by atoms with van der Waals surface area (Å²) in [6.45, 7) is 0.660. The van der Waals surface area contributed by atoms with Crippen molar-refractivity contribution in [1.29, 1.82) is 0 Å². The van der Waals surface area contributed by atoms with Crippen LogP contribution in [0, 0.1) is 0 Å². The number of ether oxygens (including phenoxy) is 1. The molecule has 2 saturated heterocycles. The van der Waals surface area contributed by atoms with E-state index in [2.05, 4.69) is 22.2 Å². The number of hydrogen-bond acceptors (Lipinski definition) is 4. The number of hydrogen-bond donors (Lipinski definition) is 1. The monoisotopic (exact) mass is 348 g/mol. The molecule has 0 unspecified atom stereocenters. The molecule has 3 atom stereocenters. The second-order valence-corrected chi connectivity index (χ2v) is 7.63. The standard InChI is InChI=1S/C18H24N2O3S/c1-23-16(21)10-6-5-9-15-17-14(12-24-15)19-18(22)20(17)11-13-7-3-2-4-8-13/h2-4,7-8,14-15,17H,5-6,9-12H2,1H3,(H,19,22)/t14-,15-,17-/m0/s1. The predicted molar refractivity (Wildman–Crippen MR) is 94.8 cm³/mol. The zero-order valence-corrected chi connectivity index (χ0v) is 14.8. The Balaban J connectivity index is 1.57. The summed E-state index contributed by atoms with van der Waals surface area (Å²) in [5.41, 5.74) is 1.16. The van der Waals surface area contributed by atoms with Gasteiger partial charge in [-0.1, -0.05) is 36.8 Å². The van der Waals surface area contributed by atoms with Crippen LogP contribution < -0.4 is 5.32 Å². The number of methoxy groups -OCH3 is 1. The second kappa shape index (κ2) is 7.92. The average Bonchev–Trinajstić information content (AvgIpc) is 3.12. The first-order valence-corrected chi connectivity index (χ1v) is 9.53. The molecular weight excluding hydrogens is 324 g/mol. The maximum Gasteiger partial charge on any atom is 0.318 e. The van der Waals surface area contributed by atoms with Crippen molar-refractivity contribution < 1.29 is 14.3 Å². The van der Waals surface area contributed by atoms with Gasteiger partial charge in [0.05, 0.1) is 19.2 Å². The lowest BCUT2D eigenvalue weighted by Gasteiger charge is -2.27. The maximum atomic E-state index is 12.3. The van der Waals surface area contributed by atoms with E-state index in [1.807, 2.05) is 34.9 Å². The van der Waals surface area contributed by atoms with Crippen molar-refractivity contribution in [3.05, 3.63) is 35.9 Å². The first-order valence-electron chi connectivity index (χ1n) is 8.48. The lowest BCUT2D eigenvalue weighted by Crippen LogP contribution is -2.40. The minimum atomic E-state index is -0.143. The fourth-order valence-corrected chi connectivity index (χ4v) is 5.14. The number of thioether (sulfide) groups is 1. The number of carbonyl (C=O) groups is 2. The fraction of sp³-hybridized carbons (Fsp3) is 0.556. The van der Waals surface area contributed by atoms with Gasteiger partial charge in [-0.15, -0.1) is 0 Å². The molecule has 2 heterocycles. The summed E-state index contributed by atoms with van der Waals surface area (Å²) in [6.07, 6.45) is 3.35. The Bertz CT molecular complexity index is 581. The number of fused-ring (bicyclic) bond motifs is 1. The molecule has 3 rings (SSSR count). The van der Waals surface area contributed by atoms with E-state index in [-0.39, 0.29) is 24.1 Å². The highest BCUT2D eigenvalue weighted by Gasteiger charge is 2.47. The van der Waals surface area contributed by atoms with Crippen LogP contribution in [-0.2, 0) is 16.1 Å². The normalized spacial score (nSPS) is 25.5. The van der Waals surface area contributed by atoms with Gasteiger partial charge in [0.1, 0.15) is 0 Å². The van der Waals surface area contributed by atoms with Crippen LogP contribution in [0.4, 0.5) is 4.79 Å². The van der Waals surface area contributed by atoms with E-state index in [1.54, 1.807) is 0 Å². The number of nitrogens with one attached hydrogen (secondary N) is 1. The Hall–Kier alpha value is -1.69. The van der Waals surface area contributed by atoms with Crippen LogP contribution in [0.25, 0.3) is 0 Å². The molecule has 24 heavy (non-hydrogen) atoms. The SMILES string of the molecule is COC(=O)CCCC[C@@H]1SC[C@@H]2NC(=O)N(Cc3ccccc3)[C@@H]21. The highest BCUT2D eigenvalue weighted by molar-refractivity contribution is 8.00. The van der Waals surface area contributed by atoms with Crippen LogP contribution in [0.3, 0.4) is 0 Å². The van der Waals surface area contributed by atoms with E-state index in [1.165, 1.54) is 7.11 Å². The van der Waals surface area contributed by atoms with Gasteiger partial charge in [-0.25, -0.2) is 4.79 Å². The fourth-order valence-electron chi connectivity index (χ4n) is 3.53. The van der Waals surface area contributed by atoms with Crippen LogP contribution in [0.2, 0.25) is 0 Å². The maximum absolute atomic E-state index is 12.3. The quantitative estimate of drug-likeness (QED) is 0.468. The summed E-state index contributed by atoms with van der Waals surface area (Å²) in [6, 6.07) is 10.7. The van der Waals surface area contributed by atoms with E-state index in [0.717, 1.165) is 30.6 Å². The van der Waals surface area contributed by atoms with Gasteiger partial charge in [0.25, 0.3) is 0 Å². The predicted octanol–water partition coefficient (Wildman–Crippen LogP) is 2.80. The number of amides is 2. The largest absolute Gasteiger partial charge is 0.469 e.